The minimum Gasteiger partial charge on any atom is -0.463 e. The van der Waals surface area contributed by atoms with Crippen LogP contribution in [0.5, 0.6) is 0 Å². The van der Waals surface area contributed by atoms with Gasteiger partial charge < -0.3 is 9.47 Å². The predicted molar refractivity (Wildman–Crippen MR) is 97.9 cm³/mol. The third-order valence-electron chi connectivity index (χ3n) is 4.46. The molecule has 1 aromatic heterocycles. The van der Waals surface area contributed by atoms with E-state index in [1.165, 1.54) is 12.1 Å². The number of hydrogen-bond acceptors (Lipinski definition) is 4. The second-order valence-corrected chi connectivity index (χ2v) is 6.27. The van der Waals surface area contributed by atoms with Crippen LogP contribution in [0.1, 0.15) is 30.9 Å². The minimum absolute atomic E-state index is 0.0825. The Morgan fingerprint density at radius 1 is 1.24 bits per heavy atom. The monoisotopic (exact) mass is 402 g/mol. The van der Waals surface area contributed by atoms with Crippen LogP contribution in [-0.2, 0) is 20.4 Å². The van der Waals surface area contributed by atoms with Crippen LogP contribution in [0.25, 0.3) is 5.88 Å². The number of ether oxygens (including phenoxy) is 2. The van der Waals surface area contributed by atoms with E-state index in [-0.39, 0.29) is 29.4 Å². The molecule has 0 amide bonds. The van der Waals surface area contributed by atoms with Crippen LogP contribution in [0.15, 0.2) is 65.7 Å². The van der Waals surface area contributed by atoms with Crippen molar-refractivity contribution in [3.63, 3.8) is 0 Å². The maximum Gasteiger partial charge on any atom is 0.416 e. The average Bonchev–Trinajstić information content (AvgIpc) is 3.21. The first-order chi connectivity index (χ1) is 13.8. The molecule has 2 heterocycles. The first-order valence-corrected chi connectivity index (χ1v) is 8.78. The molecule has 1 aromatic carbocycles. The Morgan fingerprint density at radius 2 is 1.86 bits per heavy atom. The molecule has 29 heavy (non-hydrogen) atoms. The molecular formula is C21H17F3N2O3. The van der Waals surface area contributed by atoms with Crippen LogP contribution < -0.4 is 0 Å². The van der Waals surface area contributed by atoms with E-state index in [0.717, 1.165) is 12.1 Å². The molecule has 0 saturated carbocycles. The van der Waals surface area contributed by atoms with E-state index in [1.54, 1.807) is 42.9 Å². The van der Waals surface area contributed by atoms with Gasteiger partial charge in [-0.15, -0.1) is 0 Å². The van der Waals surface area contributed by atoms with Gasteiger partial charge in [0.2, 0.25) is 5.88 Å². The molecule has 0 saturated heterocycles. The van der Waals surface area contributed by atoms with Crippen LogP contribution in [0.2, 0.25) is 0 Å². The lowest BCUT2D eigenvalue weighted by atomic mass is 9.82. The van der Waals surface area contributed by atoms with Crippen LogP contribution >= 0.6 is 0 Å². The summed E-state index contributed by atoms with van der Waals surface area (Å²) in [7, 11) is 0. The van der Waals surface area contributed by atoms with Gasteiger partial charge in [-0.25, -0.2) is 4.79 Å². The number of nitriles is 1. The molecular weight excluding hydrogens is 385 g/mol. The summed E-state index contributed by atoms with van der Waals surface area (Å²) in [6, 6.07) is 9.89. The van der Waals surface area contributed by atoms with Crippen molar-refractivity contribution in [2.24, 2.45) is 0 Å². The number of esters is 1. The molecule has 1 atom stereocenters. The molecule has 150 valence electrons. The molecule has 2 aromatic rings. The van der Waals surface area contributed by atoms with Gasteiger partial charge in [0.25, 0.3) is 0 Å². The number of halogens is 3. The Morgan fingerprint density at radius 3 is 2.38 bits per heavy atom. The summed E-state index contributed by atoms with van der Waals surface area (Å²) >= 11 is 0. The second-order valence-electron chi connectivity index (χ2n) is 6.27. The molecule has 0 fully saturated rings. The zero-order valence-corrected chi connectivity index (χ0v) is 15.7. The van der Waals surface area contributed by atoms with Crippen molar-refractivity contribution < 1.29 is 27.4 Å². The summed E-state index contributed by atoms with van der Waals surface area (Å²) < 4.78 is 51.3. The van der Waals surface area contributed by atoms with Gasteiger partial charge in [0.15, 0.2) is 0 Å². The highest BCUT2D eigenvalue weighted by atomic mass is 19.4. The predicted octanol–water partition coefficient (Wildman–Crippen LogP) is 4.85. The lowest BCUT2D eigenvalue weighted by molar-refractivity contribution is -0.139. The number of carbonyl (C=O) groups excluding carboxylic acids is 1. The lowest BCUT2D eigenvalue weighted by Gasteiger charge is -2.28. The molecule has 8 heteroatoms. The van der Waals surface area contributed by atoms with E-state index in [9.17, 15) is 23.2 Å². The number of aromatic nitrogens is 1. The van der Waals surface area contributed by atoms with Crippen molar-refractivity contribution in [3.8, 4) is 6.07 Å². The lowest BCUT2D eigenvalue weighted by Crippen LogP contribution is -2.24. The number of nitrogens with zero attached hydrogens (tertiary/aromatic N) is 2. The number of benzene rings is 1. The third-order valence-corrected chi connectivity index (χ3v) is 4.46. The second kappa shape index (κ2) is 7.87. The highest BCUT2D eigenvalue weighted by molar-refractivity contribution is 5.93. The van der Waals surface area contributed by atoms with Gasteiger partial charge in [-0.05, 0) is 43.7 Å². The average molecular weight is 402 g/mol. The molecule has 1 aliphatic rings. The first-order valence-electron chi connectivity index (χ1n) is 8.78. The van der Waals surface area contributed by atoms with Gasteiger partial charge >= 0.3 is 12.1 Å². The number of allylic oxidation sites excluding steroid dienone is 2. The van der Waals surface area contributed by atoms with Crippen LogP contribution in [0, 0.1) is 11.3 Å². The van der Waals surface area contributed by atoms with Crippen LogP contribution in [0.4, 0.5) is 13.2 Å². The summed E-state index contributed by atoms with van der Waals surface area (Å²) in [5, 5.41) is 9.84. The number of alkyl halides is 3. The van der Waals surface area contributed by atoms with E-state index >= 15 is 0 Å². The van der Waals surface area contributed by atoms with Gasteiger partial charge in [-0.1, -0.05) is 12.1 Å². The molecule has 1 aliphatic heterocycles. The first kappa shape index (κ1) is 20.3. The smallest absolute Gasteiger partial charge is 0.416 e. The summed E-state index contributed by atoms with van der Waals surface area (Å²) in [5.74, 6) is -1.20. The van der Waals surface area contributed by atoms with Gasteiger partial charge in [-0.3, -0.25) is 4.57 Å². The van der Waals surface area contributed by atoms with Crippen LogP contribution in [-0.4, -0.2) is 17.1 Å². The number of rotatable bonds is 4. The fourth-order valence-corrected chi connectivity index (χ4v) is 3.17. The molecule has 0 aliphatic carbocycles. The molecule has 3 rings (SSSR count). The maximum atomic E-state index is 13.0. The Hall–Kier alpha value is -3.47. The van der Waals surface area contributed by atoms with E-state index in [2.05, 4.69) is 6.07 Å². The molecule has 5 nitrogen and oxygen atoms in total. The quantitative estimate of drug-likeness (QED) is 0.686. The zero-order chi connectivity index (χ0) is 21.2. The Balaban J connectivity index is 2.18. The Kier molecular flexibility index (Phi) is 5.50. The molecule has 0 radical (unpaired) electrons. The summed E-state index contributed by atoms with van der Waals surface area (Å²) in [6.07, 6.45) is -1.16. The zero-order valence-electron chi connectivity index (χ0n) is 15.7. The maximum absolute atomic E-state index is 13.0. The van der Waals surface area contributed by atoms with Crippen molar-refractivity contribution in [1.29, 1.82) is 5.26 Å². The molecule has 0 bridgehead atoms. The fourth-order valence-electron chi connectivity index (χ4n) is 3.17. The topological polar surface area (TPSA) is 64.2 Å². The highest BCUT2D eigenvalue weighted by Crippen LogP contribution is 2.42. The molecule has 0 spiro atoms. The van der Waals surface area contributed by atoms with Crippen molar-refractivity contribution in [3.05, 3.63) is 76.8 Å². The van der Waals surface area contributed by atoms with Crippen molar-refractivity contribution in [2.45, 2.75) is 25.9 Å². The van der Waals surface area contributed by atoms with Gasteiger partial charge in [0, 0.05) is 12.4 Å². The van der Waals surface area contributed by atoms with Crippen LogP contribution in [0.3, 0.4) is 0 Å². The normalized spacial score (nSPS) is 17.0. The third kappa shape index (κ3) is 3.90. The number of carbonyl (C=O) groups is 1. The van der Waals surface area contributed by atoms with Crippen molar-refractivity contribution in [1.82, 2.24) is 4.57 Å². The Labute approximate surface area is 165 Å². The minimum atomic E-state index is -4.49. The van der Waals surface area contributed by atoms with Crippen molar-refractivity contribution in [2.75, 3.05) is 6.61 Å². The SMILES string of the molecule is CCOC(=O)C1=C(C)OC(n2cccc2)=C(C#N)[C@H]1c1ccc(C(F)(F)F)cc1. The van der Waals surface area contributed by atoms with E-state index in [0.29, 0.717) is 5.56 Å². The van der Waals surface area contributed by atoms with Gasteiger partial charge in [0.05, 0.1) is 23.7 Å². The largest absolute Gasteiger partial charge is 0.463 e. The number of hydrogen-bond donors (Lipinski definition) is 0. The van der Waals surface area contributed by atoms with Gasteiger partial charge in [-0.2, -0.15) is 18.4 Å². The van der Waals surface area contributed by atoms with Gasteiger partial charge in [0.1, 0.15) is 17.4 Å². The van der Waals surface area contributed by atoms with Crippen molar-refractivity contribution >= 4 is 11.9 Å². The summed E-state index contributed by atoms with van der Waals surface area (Å²) in [5.41, 5.74) is -0.293. The Bertz CT molecular complexity index is 1010. The van der Waals surface area contributed by atoms with E-state index in [4.69, 9.17) is 9.47 Å². The highest BCUT2D eigenvalue weighted by Gasteiger charge is 2.38. The van der Waals surface area contributed by atoms with E-state index in [1.807, 2.05) is 0 Å². The van der Waals surface area contributed by atoms with E-state index < -0.39 is 23.6 Å². The fraction of sp³-hybridized carbons (Fsp3) is 0.238. The standard InChI is InChI=1S/C21H17F3N2O3/c1-3-28-20(27)17-13(2)29-19(26-10-4-5-11-26)16(12-25)18(17)14-6-8-15(9-7-14)21(22,23)24/h4-11,18H,3H2,1-2H3/t18-/m1/s1. The summed E-state index contributed by atoms with van der Waals surface area (Å²) in [6.45, 7) is 3.29. The summed E-state index contributed by atoms with van der Waals surface area (Å²) in [4.78, 5) is 12.6. The molecule has 0 unspecified atom stereocenters. The molecule has 0 N–H and O–H groups in total.